The van der Waals surface area contributed by atoms with E-state index in [9.17, 15) is 13.2 Å². The van der Waals surface area contributed by atoms with Crippen LogP contribution in [0.3, 0.4) is 0 Å². The van der Waals surface area contributed by atoms with Gasteiger partial charge >= 0.3 is 0 Å². The summed E-state index contributed by atoms with van der Waals surface area (Å²) in [5.41, 5.74) is 2.29. The molecule has 0 bridgehead atoms. The molecule has 0 aromatic carbocycles. The van der Waals surface area contributed by atoms with Gasteiger partial charge in [0.25, 0.3) is 9.05 Å². The third-order valence-electron chi connectivity index (χ3n) is 1.23. The quantitative estimate of drug-likeness (QED) is 0.708. The van der Waals surface area contributed by atoms with Gasteiger partial charge in [0.1, 0.15) is 5.69 Å². The Kier molecular flexibility index (Phi) is 2.76. The normalized spacial score (nSPS) is 11.4. The summed E-state index contributed by atoms with van der Waals surface area (Å²) in [6.07, 6.45) is 0. The molecule has 1 aromatic heterocycles. The van der Waals surface area contributed by atoms with Crippen LogP contribution in [0.25, 0.3) is 0 Å². The second kappa shape index (κ2) is 3.54. The average molecular weight is 239 g/mol. The van der Waals surface area contributed by atoms with E-state index in [1.807, 2.05) is 0 Å². The van der Waals surface area contributed by atoms with Crippen LogP contribution in [0, 0.1) is 6.92 Å². The topological polar surface area (TPSA) is 94.0 Å². The van der Waals surface area contributed by atoms with Crippen molar-refractivity contribution in [3.8, 4) is 0 Å². The number of carbonyl (C=O) groups is 1. The van der Waals surface area contributed by atoms with E-state index in [1.165, 1.54) is 13.8 Å². The number of carbonyl (C=O) groups excluding carboxylic acids is 1. The minimum atomic E-state index is -3.92. The Hall–Kier alpha value is -1.15. The third-order valence-corrected chi connectivity index (χ3v) is 2.51. The van der Waals surface area contributed by atoms with Gasteiger partial charge in [0, 0.05) is 17.6 Å². The molecule has 1 heterocycles. The first-order valence-corrected chi connectivity index (χ1v) is 5.78. The molecule has 78 valence electrons. The summed E-state index contributed by atoms with van der Waals surface area (Å²) in [4.78, 5) is 11.3. The van der Waals surface area contributed by atoms with E-state index in [2.05, 4.69) is 15.6 Å². The van der Waals surface area contributed by atoms with Crippen molar-refractivity contribution in [2.75, 3.05) is 5.43 Å². The molecule has 14 heavy (non-hydrogen) atoms. The lowest BCUT2D eigenvalue weighted by molar-refractivity contribution is -0.115. The van der Waals surface area contributed by atoms with E-state index >= 15 is 0 Å². The van der Waals surface area contributed by atoms with Gasteiger partial charge in [0.05, 0.1) is 0 Å². The van der Waals surface area contributed by atoms with Gasteiger partial charge in [-0.15, -0.1) is 10.2 Å². The zero-order valence-electron chi connectivity index (χ0n) is 7.35. The van der Waals surface area contributed by atoms with Gasteiger partial charge < -0.3 is 0 Å². The molecule has 1 N–H and O–H groups in total. The van der Waals surface area contributed by atoms with E-state index in [4.69, 9.17) is 10.7 Å². The number of rotatable bonds is 2. The predicted octanol–water partition coefficient (Wildman–Crippen LogP) is -0.396. The standard InChI is InChI=1S/C5H7ClN4O3S/c1-3-5(14(6,12)13)9-10(7-3)8-4(2)11/h1-2H3,(H,8,11). The van der Waals surface area contributed by atoms with Crippen molar-refractivity contribution < 1.29 is 13.2 Å². The maximum atomic E-state index is 10.9. The Balaban J connectivity index is 3.12. The summed E-state index contributed by atoms with van der Waals surface area (Å²) in [6, 6.07) is 0. The smallest absolute Gasteiger partial charge is 0.273 e. The number of hydrogen-bond donors (Lipinski definition) is 1. The van der Waals surface area contributed by atoms with Gasteiger partial charge in [-0.2, -0.15) is 0 Å². The highest BCUT2D eigenvalue weighted by molar-refractivity contribution is 8.13. The van der Waals surface area contributed by atoms with E-state index in [-0.39, 0.29) is 10.7 Å². The summed E-state index contributed by atoms with van der Waals surface area (Å²) in [7, 11) is 1.14. The first-order chi connectivity index (χ1) is 6.30. The lowest BCUT2D eigenvalue weighted by Gasteiger charge is -1.95. The number of nitrogens with zero attached hydrogens (tertiary/aromatic N) is 3. The molecule has 0 atom stereocenters. The van der Waals surface area contributed by atoms with Crippen LogP contribution in [0.1, 0.15) is 12.6 Å². The van der Waals surface area contributed by atoms with E-state index in [0.29, 0.717) is 0 Å². The number of amides is 1. The molecule has 1 rings (SSSR count). The lowest BCUT2D eigenvalue weighted by Crippen LogP contribution is -2.22. The minimum Gasteiger partial charge on any atom is -0.273 e. The Morgan fingerprint density at radius 1 is 1.50 bits per heavy atom. The van der Waals surface area contributed by atoms with Gasteiger partial charge in [-0.1, -0.05) is 4.91 Å². The van der Waals surface area contributed by atoms with Crippen molar-refractivity contribution in [3.05, 3.63) is 5.69 Å². The maximum Gasteiger partial charge on any atom is 0.282 e. The molecule has 0 fully saturated rings. The molecule has 0 radical (unpaired) electrons. The monoisotopic (exact) mass is 238 g/mol. The van der Waals surface area contributed by atoms with Crippen LogP contribution < -0.4 is 5.43 Å². The molecule has 0 saturated heterocycles. The van der Waals surface area contributed by atoms with Gasteiger partial charge in [-0.25, -0.2) is 13.8 Å². The van der Waals surface area contributed by atoms with E-state index in [0.717, 1.165) is 4.91 Å². The summed E-state index contributed by atoms with van der Waals surface area (Å²) in [6.45, 7) is 2.66. The minimum absolute atomic E-state index is 0.119. The summed E-state index contributed by atoms with van der Waals surface area (Å²) in [5.74, 6) is -0.418. The molecule has 7 nitrogen and oxygen atoms in total. The van der Waals surface area contributed by atoms with Crippen LogP contribution >= 0.6 is 10.7 Å². The van der Waals surface area contributed by atoms with Crippen molar-refractivity contribution in [3.63, 3.8) is 0 Å². The van der Waals surface area contributed by atoms with Crippen LogP contribution in [0.15, 0.2) is 5.03 Å². The number of aromatic nitrogens is 3. The zero-order valence-corrected chi connectivity index (χ0v) is 8.93. The van der Waals surface area contributed by atoms with Crippen LogP contribution in [-0.2, 0) is 13.8 Å². The van der Waals surface area contributed by atoms with E-state index in [1.54, 1.807) is 0 Å². The molecule has 0 unspecified atom stereocenters. The maximum absolute atomic E-state index is 10.9. The average Bonchev–Trinajstić information content (AvgIpc) is 2.27. The van der Waals surface area contributed by atoms with E-state index < -0.39 is 15.0 Å². The highest BCUT2D eigenvalue weighted by Crippen LogP contribution is 2.13. The Bertz CT molecular complexity index is 465. The molecule has 0 spiro atoms. The van der Waals surface area contributed by atoms with Gasteiger partial charge in [-0.05, 0) is 6.92 Å². The molecular formula is C5H7ClN4O3S. The number of hydrogen-bond acceptors (Lipinski definition) is 5. The third kappa shape index (κ3) is 2.42. The molecule has 0 aliphatic rings. The highest BCUT2D eigenvalue weighted by Gasteiger charge is 2.19. The van der Waals surface area contributed by atoms with Crippen molar-refractivity contribution in [1.29, 1.82) is 0 Å². The second-order valence-corrected chi connectivity index (χ2v) is 4.97. The Morgan fingerprint density at radius 3 is 2.43 bits per heavy atom. The first kappa shape index (κ1) is 10.9. The summed E-state index contributed by atoms with van der Waals surface area (Å²) >= 11 is 0. The Labute approximate surface area is 84.4 Å². The van der Waals surface area contributed by atoms with Crippen LogP contribution in [0.4, 0.5) is 0 Å². The number of aryl methyl sites for hydroxylation is 1. The van der Waals surface area contributed by atoms with Crippen molar-refractivity contribution in [1.82, 2.24) is 15.1 Å². The second-order valence-electron chi connectivity index (χ2n) is 2.49. The lowest BCUT2D eigenvalue weighted by atomic mass is 10.6. The fraction of sp³-hybridized carbons (Fsp3) is 0.400. The summed E-state index contributed by atoms with van der Waals surface area (Å²) in [5, 5.41) is 6.73. The van der Waals surface area contributed by atoms with Gasteiger partial charge in [-0.3, -0.25) is 4.79 Å². The van der Waals surface area contributed by atoms with Crippen LogP contribution in [0.5, 0.6) is 0 Å². The van der Waals surface area contributed by atoms with Gasteiger partial charge in [0.2, 0.25) is 10.9 Å². The zero-order chi connectivity index (χ0) is 10.9. The van der Waals surface area contributed by atoms with Crippen molar-refractivity contribution >= 4 is 25.6 Å². The largest absolute Gasteiger partial charge is 0.282 e. The number of halogens is 1. The molecule has 9 heteroatoms. The molecular weight excluding hydrogens is 232 g/mol. The van der Waals surface area contributed by atoms with Crippen LogP contribution in [-0.4, -0.2) is 29.4 Å². The molecule has 0 saturated carbocycles. The SMILES string of the molecule is CC(=O)Nn1nc(C)c(S(=O)(=O)Cl)n1. The summed E-state index contributed by atoms with van der Waals surface area (Å²) < 4.78 is 21.8. The molecule has 0 aliphatic heterocycles. The molecule has 1 amide bonds. The predicted molar refractivity (Wildman–Crippen MR) is 47.8 cm³/mol. The van der Waals surface area contributed by atoms with Gasteiger partial charge in [0.15, 0.2) is 0 Å². The highest BCUT2D eigenvalue weighted by atomic mass is 35.7. The fourth-order valence-corrected chi connectivity index (χ4v) is 1.78. The van der Waals surface area contributed by atoms with Crippen molar-refractivity contribution in [2.45, 2.75) is 18.9 Å². The molecule has 1 aromatic rings. The van der Waals surface area contributed by atoms with Crippen molar-refractivity contribution in [2.24, 2.45) is 0 Å². The molecule has 0 aliphatic carbocycles. The fourth-order valence-electron chi connectivity index (χ4n) is 0.782. The van der Waals surface area contributed by atoms with Crippen LogP contribution in [0.2, 0.25) is 0 Å². The first-order valence-electron chi connectivity index (χ1n) is 3.47. The number of nitrogens with one attached hydrogen (secondary N) is 1. The Morgan fingerprint density at radius 2 is 2.07 bits per heavy atom.